The molecule has 19 nitrogen and oxygen atoms in total. The van der Waals surface area contributed by atoms with Crippen molar-refractivity contribution in [3.8, 4) is 22.9 Å². The fraction of sp³-hybridized carbons (Fsp3) is 0.433. The van der Waals surface area contributed by atoms with Crippen LogP contribution in [0.2, 0.25) is 0 Å². The van der Waals surface area contributed by atoms with Gasteiger partial charge in [-0.05, 0) is 115 Å². The molecule has 88 heavy (non-hydrogen) atoms. The van der Waals surface area contributed by atoms with Crippen molar-refractivity contribution in [2.24, 2.45) is 0 Å². The van der Waals surface area contributed by atoms with Crippen molar-refractivity contribution in [2.45, 2.75) is 117 Å². The first-order valence-corrected chi connectivity index (χ1v) is 31.5. The summed E-state index contributed by atoms with van der Waals surface area (Å²) in [5.41, 5.74) is 5.20. The number of aromatic nitrogens is 6. The second kappa shape index (κ2) is 33.6. The van der Waals surface area contributed by atoms with Crippen LogP contribution in [0.4, 0.5) is 0 Å². The van der Waals surface area contributed by atoms with Crippen molar-refractivity contribution in [2.75, 3.05) is 92.5 Å². The van der Waals surface area contributed by atoms with Gasteiger partial charge in [-0.1, -0.05) is 114 Å². The van der Waals surface area contributed by atoms with E-state index >= 15 is 0 Å². The molecule has 2 heterocycles. The third kappa shape index (κ3) is 20.8. The maximum atomic E-state index is 13.9. The van der Waals surface area contributed by atoms with Gasteiger partial charge in [0.25, 0.3) is 0 Å². The van der Waals surface area contributed by atoms with Gasteiger partial charge < -0.3 is 52.8 Å². The number of hydrogen-bond acceptors (Lipinski definition) is 19. The molecule has 0 amide bonds. The number of phenolic OH excluding ortho intramolecular Hbond substituents is 2. The molecule has 0 aliphatic carbocycles. The van der Waals surface area contributed by atoms with E-state index in [0.29, 0.717) is 117 Å². The number of aromatic hydroxyl groups is 2. The van der Waals surface area contributed by atoms with E-state index in [1.165, 1.54) is 9.59 Å². The number of ether oxygens (including phenoxy) is 9. The third-order valence-corrected chi connectivity index (χ3v) is 15.7. The van der Waals surface area contributed by atoms with Crippen LogP contribution >= 0.6 is 23.5 Å². The summed E-state index contributed by atoms with van der Waals surface area (Å²) in [4.78, 5) is 34.8. The molecule has 0 atom stereocenters. The molecule has 0 spiro atoms. The van der Waals surface area contributed by atoms with Gasteiger partial charge in [-0.25, -0.2) is 0 Å². The highest BCUT2D eigenvalue weighted by atomic mass is 32.2. The normalized spacial score (nSPS) is 12.0. The van der Waals surface area contributed by atoms with Crippen LogP contribution in [0, 0.1) is 0 Å². The number of benzene rings is 6. The predicted octanol–water partition coefficient (Wildman–Crippen LogP) is 12.0. The molecule has 470 valence electrons. The second-order valence-corrected chi connectivity index (χ2v) is 25.0. The molecular formula is C67H82N6O13S2. The summed E-state index contributed by atoms with van der Waals surface area (Å²) in [6.45, 7) is 19.8. The van der Waals surface area contributed by atoms with Gasteiger partial charge in [-0.3, -0.25) is 9.59 Å². The molecule has 0 radical (unpaired) electrons. The van der Waals surface area contributed by atoms with Crippen LogP contribution < -0.4 is 0 Å². The van der Waals surface area contributed by atoms with E-state index < -0.39 is 29.1 Å². The molecule has 2 N–H and O–H groups in total. The van der Waals surface area contributed by atoms with Gasteiger partial charge in [0.05, 0.1) is 85.9 Å². The molecule has 0 bridgehead atoms. The molecule has 21 heteroatoms. The van der Waals surface area contributed by atoms with Gasteiger partial charge in [0.15, 0.2) is 0 Å². The Hall–Kier alpha value is -6.92. The van der Waals surface area contributed by atoms with Gasteiger partial charge in [-0.2, -0.15) is 0 Å². The van der Waals surface area contributed by atoms with Crippen molar-refractivity contribution in [1.82, 2.24) is 30.0 Å². The summed E-state index contributed by atoms with van der Waals surface area (Å²) in [6.07, 6.45) is -0.908. The van der Waals surface area contributed by atoms with Gasteiger partial charge >= 0.3 is 11.9 Å². The Kier molecular flexibility index (Phi) is 25.6. The average Bonchev–Trinajstić information content (AvgIpc) is 2.16. The Bertz CT molecular complexity index is 3270. The molecular weight excluding hydrogens is 1160 g/mol. The van der Waals surface area contributed by atoms with Crippen molar-refractivity contribution < 1.29 is 62.4 Å². The molecule has 0 saturated carbocycles. The number of phenols is 2. The quantitative estimate of drug-likeness (QED) is 0.0212. The standard InChI is InChI=1S/C67H82N6O13S2/c1-8-78-29-30-80-33-34-82-37-38-84-40-39-83-36-35-81-32-31-79-28-27-63(85-61(74)25-19-47-41-53(66(2,3)4)64(76)59(43-47)72-68-55-23-21-51(45-57(55)70-72)87-49-15-11-9-12-16-49)86-62(75)26-20-48-42-54(67(5,6)7)65(77)60(44-48)73-69-56-24-22-52(46-58(56)71-73)88-50-17-13-10-14-18-50/h9-18,21-24,41-46,63,76-77H,8,19-20,25-40H2,1-7H3. The smallest absolute Gasteiger partial charge is 0.309 e. The number of carbonyl (C=O) groups excluding carboxylic acids is 2. The van der Waals surface area contributed by atoms with E-state index in [1.807, 2.05) is 158 Å². The van der Waals surface area contributed by atoms with E-state index in [0.717, 1.165) is 30.7 Å². The molecule has 8 rings (SSSR count). The summed E-state index contributed by atoms with van der Waals surface area (Å²) in [5, 5.41) is 42.5. The summed E-state index contributed by atoms with van der Waals surface area (Å²) in [7, 11) is 0. The molecule has 0 fully saturated rings. The number of esters is 2. The average molecular weight is 1240 g/mol. The maximum Gasteiger partial charge on any atom is 0.309 e. The predicted molar refractivity (Wildman–Crippen MR) is 338 cm³/mol. The zero-order valence-electron chi connectivity index (χ0n) is 51.4. The lowest BCUT2D eigenvalue weighted by molar-refractivity contribution is -0.190. The number of carbonyl (C=O) groups is 2. The Balaban J connectivity index is 0.881. The van der Waals surface area contributed by atoms with Crippen molar-refractivity contribution in [3.05, 3.63) is 144 Å². The minimum atomic E-state index is -1.27. The monoisotopic (exact) mass is 1240 g/mol. The third-order valence-electron chi connectivity index (χ3n) is 13.7. The Morgan fingerprint density at radius 1 is 0.443 bits per heavy atom. The highest BCUT2D eigenvalue weighted by Gasteiger charge is 2.27. The lowest BCUT2D eigenvalue weighted by Crippen LogP contribution is -2.27. The van der Waals surface area contributed by atoms with Crippen LogP contribution in [0.15, 0.2) is 141 Å². The number of hydrogen-bond donors (Lipinski definition) is 2. The van der Waals surface area contributed by atoms with Crippen molar-refractivity contribution >= 4 is 57.5 Å². The molecule has 0 unspecified atom stereocenters. The molecule has 6 aromatic carbocycles. The lowest BCUT2D eigenvalue weighted by Gasteiger charge is -2.23. The zero-order valence-corrected chi connectivity index (χ0v) is 53.1. The summed E-state index contributed by atoms with van der Waals surface area (Å²) < 4.78 is 50.8. The first-order chi connectivity index (χ1) is 42.5. The van der Waals surface area contributed by atoms with E-state index in [9.17, 15) is 19.8 Å². The Morgan fingerprint density at radius 2 is 0.795 bits per heavy atom. The minimum absolute atomic E-state index is 0.0343. The minimum Gasteiger partial charge on any atom is -0.505 e. The van der Waals surface area contributed by atoms with E-state index in [4.69, 9.17) is 63.0 Å². The Morgan fingerprint density at radius 3 is 1.16 bits per heavy atom. The topological polar surface area (TPSA) is 219 Å². The molecule has 0 aliphatic rings. The first kappa shape index (κ1) is 67.0. The van der Waals surface area contributed by atoms with Gasteiger partial charge in [0.2, 0.25) is 6.29 Å². The van der Waals surface area contributed by atoms with Crippen LogP contribution in [0.3, 0.4) is 0 Å². The van der Waals surface area contributed by atoms with E-state index in [-0.39, 0.29) is 63.4 Å². The number of nitrogens with zero attached hydrogens (tertiary/aromatic N) is 6. The van der Waals surface area contributed by atoms with Crippen LogP contribution in [0.1, 0.15) is 90.0 Å². The summed E-state index contributed by atoms with van der Waals surface area (Å²) >= 11 is 3.24. The van der Waals surface area contributed by atoms with Crippen LogP contribution in [0.5, 0.6) is 11.5 Å². The number of rotatable bonds is 36. The van der Waals surface area contributed by atoms with Gasteiger partial charge in [0, 0.05) is 56.6 Å². The largest absolute Gasteiger partial charge is 0.505 e. The van der Waals surface area contributed by atoms with Gasteiger partial charge in [-0.15, -0.1) is 30.0 Å². The summed E-state index contributed by atoms with van der Waals surface area (Å²) in [5.74, 6) is -1.13. The fourth-order valence-corrected chi connectivity index (χ4v) is 10.9. The zero-order chi connectivity index (χ0) is 62.3. The number of aryl methyl sites for hydroxylation is 2. The van der Waals surface area contributed by atoms with Crippen LogP contribution in [-0.2, 0) is 75.9 Å². The molecule has 0 saturated heterocycles. The van der Waals surface area contributed by atoms with Crippen molar-refractivity contribution in [3.63, 3.8) is 0 Å². The molecule has 0 aliphatic heterocycles. The van der Waals surface area contributed by atoms with Crippen LogP contribution in [0.25, 0.3) is 33.4 Å². The Labute approximate surface area is 523 Å². The molecule has 2 aromatic heterocycles. The maximum absolute atomic E-state index is 13.9. The fourth-order valence-electron chi connectivity index (χ4n) is 9.16. The number of fused-ring (bicyclic) bond motifs is 2. The van der Waals surface area contributed by atoms with Crippen LogP contribution in [-0.4, -0.2) is 151 Å². The lowest BCUT2D eigenvalue weighted by atomic mass is 9.84. The highest BCUT2D eigenvalue weighted by Crippen LogP contribution is 2.39. The van der Waals surface area contributed by atoms with Gasteiger partial charge in [0.1, 0.15) is 44.9 Å². The highest BCUT2D eigenvalue weighted by molar-refractivity contribution is 7.99. The van der Waals surface area contributed by atoms with E-state index in [2.05, 4.69) is 0 Å². The summed E-state index contributed by atoms with van der Waals surface area (Å²) in [6, 6.07) is 39.2. The SMILES string of the molecule is CCOCCOCCOCCOCCOCCOCCOCCC(OC(=O)CCc1cc(-n2nc3ccc(Sc4ccccc4)cc3n2)c(O)c(C(C)(C)C)c1)OC(=O)CCc1cc(-n2nc3ccc(Sc4ccccc4)cc3n2)c(O)c(C(C)(C)C)c1. The second-order valence-electron chi connectivity index (χ2n) is 22.7. The molecule has 8 aromatic rings. The van der Waals surface area contributed by atoms with Crippen molar-refractivity contribution in [1.29, 1.82) is 0 Å². The first-order valence-electron chi connectivity index (χ1n) is 29.9. The van der Waals surface area contributed by atoms with E-state index in [1.54, 1.807) is 35.7 Å².